The van der Waals surface area contributed by atoms with Gasteiger partial charge in [-0.15, -0.1) is 0 Å². The lowest BCUT2D eigenvalue weighted by atomic mass is 10.1. The van der Waals surface area contributed by atoms with Gasteiger partial charge in [0.2, 0.25) is 0 Å². The summed E-state index contributed by atoms with van der Waals surface area (Å²) in [5, 5.41) is 0. The van der Waals surface area contributed by atoms with Crippen molar-refractivity contribution in [2.75, 3.05) is 0 Å². The zero-order valence-corrected chi connectivity index (χ0v) is 12.6. The molecule has 1 heterocycles. The second-order valence-electron chi connectivity index (χ2n) is 4.63. The number of pyridine rings is 1. The molecule has 0 spiro atoms. The van der Waals surface area contributed by atoms with Crippen LogP contribution in [0.4, 0.5) is 0 Å². The van der Waals surface area contributed by atoms with Gasteiger partial charge >= 0.3 is 0 Å². The summed E-state index contributed by atoms with van der Waals surface area (Å²) in [4.78, 5) is 4.16. The van der Waals surface area contributed by atoms with Crippen molar-refractivity contribution < 1.29 is 4.74 Å². The van der Waals surface area contributed by atoms with Crippen LogP contribution in [-0.4, -0.2) is 4.98 Å². The molecule has 0 aliphatic carbocycles. The van der Waals surface area contributed by atoms with Gasteiger partial charge in [-0.1, -0.05) is 15.9 Å². The number of hydrogen-bond donors (Lipinski definition) is 1. The molecular formula is C15H17BrN2O. The van der Waals surface area contributed by atoms with Crippen LogP contribution < -0.4 is 10.5 Å². The minimum Gasteiger partial charge on any atom is -0.489 e. The number of halogens is 1. The first kappa shape index (κ1) is 14.0. The van der Waals surface area contributed by atoms with Crippen molar-refractivity contribution in [3.05, 3.63) is 57.8 Å². The molecule has 0 saturated carbocycles. The fourth-order valence-corrected chi connectivity index (χ4v) is 2.24. The molecule has 3 nitrogen and oxygen atoms in total. The highest BCUT2D eigenvalue weighted by Gasteiger charge is 2.09. The topological polar surface area (TPSA) is 48.1 Å². The van der Waals surface area contributed by atoms with Gasteiger partial charge in [0, 0.05) is 34.0 Å². The molecule has 1 unspecified atom stereocenters. The first-order valence-corrected chi connectivity index (χ1v) is 6.94. The standard InChI is InChI=1S/C15H17BrN2O/c1-10-5-12(8-18-7-10)9-19-15-4-3-13(16)6-14(15)11(2)17/h3-8,11H,9,17H2,1-2H3. The van der Waals surface area contributed by atoms with Crippen molar-refractivity contribution >= 4 is 15.9 Å². The third-order valence-electron chi connectivity index (χ3n) is 2.79. The monoisotopic (exact) mass is 320 g/mol. The van der Waals surface area contributed by atoms with Gasteiger partial charge in [0.05, 0.1) is 0 Å². The molecule has 0 aliphatic rings. The first-order chi connectivity index (χ1) is 9.06. The molecule has 0 radical (unpaired) electrons. The van der Waals surface area contributed by atoms with Crippen LogP contribution in [0.15, 0.2) is 41.1 Å². The average molecular weight is 321 g/mol. The summed E-state index contributed by atoms with van der Waals surface area (Å²) in [5.41, 5.74) is 9.14. The Bertz CT molecular complexity index is 570. The van der Waals surface area contributed by atoms with Crippen molar-refractivity contribution in [3.63, 3.8) is 0 Å². The van der Waals surface area contributed by atoms with Crippen LogP contribution in [-0.2, 0) is 6.61 Å². The number of aromatic nitrogens is 1. The van der Waals surface area contributed by atoms with Crippen LogP contribution in [0.3, 0.4) is 0 Å². The van der Waals surface area contributed by atoms with Crippen molar-refractivity contribution in [1.29, 1.82) is 0 Å². The molecule has 0 fully saturated rings. The molecule has 0 saturated heterocycles. The third-order valence-corrected chi connectivity index (χ3v) is 3.28. The Kier molecular flexibility index (Phi) is 4.56. The molecular weight excluding hydrogens is 304 g/mol. The van der Waals surface area contributed by atoms with Crippen LogP contribution >= 0.6 is 15.9 Å². The number of aryl methyl sites for hydroxylation is 1. The molecule has 0 bridgehead atoms. The van der Waals surface area contributed by atoms with Gasteiger partial charge in [0.25, 0.3) is 0 Å². The fraction of sp³-hybridized carbons (Fsp3) is 0.267. The van der Waals surface area contributed by atoms with E-state index in [4.69, 9.17) is 10.5 Å². The number of benzene rings is 1. The normalized spacial score (nSPS) is 12.2. The molecule has 1 atom stereocenters. The second-order valence-corrected chi connectivity index (χ2v) is 5.55. The van der Waals surface area contributed by atoms with Gasteiger partial charge in [0.1, 0.15) is 12.4 Å². The van der Waals surface area contributed by atoms with Crippen LogP contribution in [0.25, 0.3) is 0 Å². The van der Waals surface area contributed by atoms with Crippen molar-refractivity contribution in [2.24, 2.45) is 5.73 Å². The van der Waals surface area contributed by atoms with E-state index in [1.807, 2.05) is 44.4 Å². The summed E-state index contributed by atoms with van der Waals surface area (Å²) in [6.45, 7) is 4.46. The maximum Gasteiger partial charge on any atom is 0.124 e. The lowest BCUT2D eigenvalue weighted by Gasteiger charge is -2.14. The average Bonchev–Trinajstić information content (AvgIpc) is 2.37. The summed E-state index contributed by atoms with van der Waals surface area (Å²) < 4.78 is 6.86. The SMILES string of the molecule is Cc1cncc(COc2ccc(Br)cc2C(C)N)c1. The highest BCUT2D eigenvalue weighted by Crippen LogP contribution is 2.28. The Morgan fingerprint density at radius 1 is 1.32 bits per heavy atom. The molecule has 2 aromatic rings. The number of rotatable bonds is 4. The maximum atomic E-state index is 5.96. The summed E-state index contributed by atoms with van der Waals surface area (Å²) in [7, 11) is 0. The Morgan fingerprint density at radius 3 is 2.79 bits per heavy atom. The summed E-state index contributed by atoms with van der Waals surface area (Å²) in [6, 6.07) is 7.89. The van der Waals surface area contributed by atoms with Gasteiger partial charge in [-0.05, 0) is 43.7 Å². The zero-order chi connectivity index (χ0) is 13.8. The largest absolute Gasteiger partial charge is 0.489 e. The van der Waals surface area contributed by atoms with Gasteiger partial charge in [-0.3, -0.25) is 4.98 Å². The van der Waals surface area contributed by atoms with Gasteiger partial charge in [-0.25, -0.2) is 0 Å². The Hall–Kier alpha value is -1.39. The summed E-state index contributed by atoms with van der Waals surface area (Å²) >= 11 is 3.45. The van der Waals surface area contributed by atoms with E-state index in [9.17, 15) is 0 Å². The second kappa shape index (κ2) is 6.17. The predicted molar refractivity (Wildman–Crippen MR) is 80.1 cm³/mol. The quantitative estimate of drug-likeness (QED) is 0.933. The fourth-order valence-electron chi connectivity index (χ4n) is 1.86. The minimum absolute atomic E-state index is 0.0665. The van der Waals surface area contributed by atoms with E-state index in [0.29, 0.717) is 6.61 Å². The minimum atomic E-state index is -0.0665. The highest BCUT2D eigenvalue weighted by atomic mass is 79.9. The lowest BCUT2D eigenvalue weighted by molar-refractivity contribution is 0.301. The molecule has 2 rings (SSSR count). The smallest absolute Gasteiger partial charge is 0.124 e. The number of ether oxygens (including phenoxy) is 1. The van der Waals surface area contributed by atoms with Crippen LogP contribution in [0.5, 0.6) is 5.75 Å². The molecule has 100 valence electrons. The van der Waals surface area contributed by atoms with Crippen LogP contribution in [0.2, 0.25) is 0 Å². The molecule has 19 heavy (non-hydrogen) atoms. The van der Waals surface area contributed by atoms with Gasteiger partial charge in [-0.2, -0.15) is 0 Å². The van der Waals surface area contributed by atoms with E-state index in [0.717, 1.165) is 26.9 Å². The van der Waals surface area contributed by atoms with Crippen LogP contribution in [0, 0.1) is 6.92 Å². The Labute approximate surface area is 121 Å². The Balaban J connectivity index is 2.15. The number of hydrogen-bond acceptors (Lipinski definition) is 3. The maximum absolute atomic E-state index is 5.96. The van der Waals surface area contributed by atoms with E-state index >= 15 is 0 Å². The third kappa shape index (κ3) is 3.78. The molecule has 0 amide bonds. The summed E-state index contributed by atoms with van der Waals surface area (Å²) in [5.74, 6) is 0.819. The lowest BCUT2D eigenvalue weighted by Crippen LogP contribution is -2.08. The van der Waals surface area contributed by atoms with Crippen molar-refractivity contribution in [1.82, 2.24) is 4.98 Å². The number of nitrogens with two attached hydrogens (primary N) is 1. The van der Waals surface area contributed by atoms with E-state index < -0.39 is 0 Å². The number of nitrogens with zero attached hydrogens (tertiary/aromatic N) is 1. The molecule has 2 N–H and O–H groups in total. The molecule has 0 aliphatic heterocycles. The van der Waals surface area contributed by atoms with E-state index in [2.05, 4.69) is 27.0 Å². The highest BCUT2D eigenvalue weighted by molar-refractivity contribution is 9.10. The van der Waals surface area contributed by atoms with E-state index in [1.165, 1.54) is 0 Å². The Morgan fingerprint density at radius 2 is 2.11 bits per heavy atom. The van der Waals surface area contributed by atoms with E-state index in [-0.39, 0.29) is 6.04 Å². The van der Waals surface area contributed by atoms with Crippen molar-refractivity contribution in [2.45, 2.75) is 26.5 Å². The molecule has 1 aromatic carbocycles. The van der Waals surface area contributed by atoms with Gasteiger partial charge in [0.15, 0.2) is 0 Å². The molecule has 4 heteroatoms. The predicted octanol–water partition coefficient (Wildman–Crippen LogP) is 3.75. The zero-order valence-electron chi connectivity index (χ0n) is 11.1. The van der Waals surface area contributed by atoms with Crippen LogP contribution in [0.1, 0.15) is 29.7 Å². The molecule has 1 aromatic heterocycles. The van der Waals surface area contributed by atoms with Crippen molar-refractivity contribution in [3.8, 4) is 5.75 Å². The summed E-state index contributed by atoms with van der Waals surface area (Å²) in [6.07, 6.45) is 3.65. The first-order valence-electron chi connectivity index (χ1n) is 6.14. The van der Waals surface area contributed by atoms with E-state index in [1.54, 1.807) is 0 Å². The van der Waals surface area contributed by atoms with Gasteiger partial charge < -0.3 is 10.5 Å².